The first-order valence-electron chi connectivity index (χ1n) is 19.6. The Bertz CT molecular complexity index is 1830. The number of aromatic nitrogens is 2. The Kier molecular flexibility index (Phi) is 14.5. The van der Waals surface area contributed by atoms with Crippen molar-refractivity contribution >= 4 is 39.2 Å². The average molecular weight is 797 g/mol. The summed E-state index contributed by atoms with van der Waals surface area (Å²) in [6.07, 6.45) is 9.37. The first-order valence-corrected chi connectivity index (χ1v) is 21.8. The number of likely N-dealkylation sites (tertiary alicyclic amines) is 1. The van der Waals surface area contributed by atoms with Gasteiger partial charge in [-0.05, 0) is 80.3 Å². The number of carbonyl (C=O) groups is 3. The van der Waals surface area contributed by atoms with Crippen molar-refractivity contribution in [3.63, 3.8) is 0 Å². The third-order valence-corrected chi connectivity index (χ3v) is 12.0. The summed E-state index contributed by atoms with van der Waals surface area (Å²) in [5.74, 6) is -0.795. The van der Waals surface area contributed by atoms with Crippen LogP contribution in [0.4, 0.5) is 0 Å². The van der Waals surface area contributed by atoms with Crippen LogP contribution in [0.15, 0.2) is 59.0 Å². The Hall–Kier alpha value is -3.69. The molecule has 0 spiro atoms. The third kappa shape index (κ3) is 12.1. The Morgan fingerprint density at radius 3 is 2.38 bits per heavy atom. The molecule has 3 heterocycles. The second-order valence-electron chi connectivity index (χ2n) is 15.3. The summed E-state index contributed by atoms with van der Waals surface area (Å²) in [6, 6.07) is 13.8. The zero-order valence-corrected chi connectivity index (χ0v) is 33.0. The molecule has 0 radical (unpaired) electrons. The summed E-state index contributed by atoms with van der Waals surface area (Å²) < 4.78 is 39.8. The van der Waals surface area contributed by atoms with Gasteiger partial charge in [-0.2, -0.15) is 0 Å². The largest absolute Gasteiger partial charge is 0.418 e. The number of halogens is 1. The topological polar surface area (TPSA) is 173 Å². The molecule has 1 aromatic heterocycles. The molecule has 4 atom stereocenters. The smallest absolute Gasteiger partial charge is 0.286 e. The number of amides is 2. The number of sulfonamides is 1. The second kappa shape index (κ2) is 19.4. The lowest BCUT2D eigenvalue weighted by Crippen LogP contribution is -2.55. The molecule has 15 heteroatoms. The summed E-state index contributed by atoms with van der Waals surface area (Å²) >= 11 is 6.08. The van der Waals surface area contributed by atoms with Gasteiger partial charge in [-0.15, -0.1) is 10.2 Å². The highest BCUT2D eigenvalue weighted by Gasteiger charge is 2.44. The van der Waals surface area contributed by atoms with E-state index in [2.05, 4.69) is 25.6 Å². The van der Waals surface area contributed by atoms with E-state index in [1.54, 1.807) is 12.1 Å². The molecule has 0 unspecified atom stereocenters. The van der Waals surface area contributed by atoms with E-state index in [-0.39, 0.29) is 31.4 Å². The van der Waals surface area contributed by atoms with E-state index in [0.29, 0.717) is 42.5 Å². The van der Waals surface area contributed by atoms with Gasteiger partial charge < -0.3 is 24.7 Å². The van der Waals surface area contributed by atoms with Crippen LogP contribution >= 0.6 is 11.6 Å². The van der Waals surface area contributed by atoms with E-state index in [9.17, 15) is 22.8 Å². The highest BCUT2D eigenvalue weighted by atomic mass is 35.5. The standard InChI is InChI=1S/C40H53ClN6O7S/c1-55(51,52)46-33(17-14-27-18-20-42-21-19-27)40(50)47-25-32(53-26-30-12-15-31(41)16-13-30)24-35(47)38(49)43-34(22-28-8-4-2-5-9-28)37(48)39-45-44-36(54-39)23-29-10-6-3-7-11-29/h3,6-7,10-13,15-16,27-28,32-35,42,46H,2,4-5,8-9,14,17-26H2,1H3,(H,43,49)/t32-,33-,34+,35+/m1/s1. The molecule has 2 amide bonds. The van der Waals surface area contributed by atoms with Crippen molar-refractivity contribution in [2.75, 3.05) is 25.9 Å². The van der Waals surface area contributed by atoms with Gasteiger partial charge in [0.15, 0.2) is 0 Å². The minimum Gasteiger partial charge on any atom is -0.418 e. The molecule has 2 aromatic carbocycles. The van der Waals surface area contributed by atoms with E-state index in [1.165, 1.54) is 4.90 Å². The normalized spacial score (nSPS) is 20.9. The maximum Gasteiger partial charge on any atom is 0.286 e. The summed E-state index contributed by atoms with van der Waals surface area (Å²) in [7, 11) is -3.77. The van der Waals surface area contributed by atoms with E-state index in [1.807, 2.05) is 42.5 Å². The maximum atomic E-state index is 14.4. The maximum absolute atomic E-state index is 14.4. The average Bonchev–Trinajstić information content (AvgIpc) is 3.84. The number of ether oxygens (including phenoxy) is 1. The van der Waals surface area contributed by atoms with Crippen LogP contribution in [0.3, 0.4) is 0 Å². The Morgan fingerprint density at radius 2 is 1.67 bits per heavy atom. The summed E-state index contributed by atoms with van der Waals surface area (Å²) in [4.78, 5) is 44.4. The van der Waals surface area contributed by atoms with Gasteiger partial charge in [0.2, 0.25) is 33.5 Å². The first-order chi connectivity index (χ1) is 26.5. The predicted molar refractivity (Wildman–Crippen MR) is 208 cm³/mol. The van der Waals surface area contributed by atoms with Crippen molar-refractivity contribution in [2.24, 2.45) is 11.8 Å². The van der Waals surface area contributed by atoms with E-state index < -0.39 is 51.9 Å². The zero-order chi connectivity index (χ0) is 38.8. The molecule has 6 rings (SSSR count). The molecule has 1 aliphatic carbocycles. The molecule has 2 saturated heterocycles. The molecule has 3 fully saturated rings. The molecule has 0 bridgehead atoms. The van der Waals surface area contributed by atoms with Crippen molar-refractivity contribution < 1.29 is 32.0 Å². The van der Waals surface area contributed by atoms with Crippen molar-refractivity contribution in [2.45, 2.75) is 108 Å². The summed E-state index contributed by atoms with van der Waals surface area (Å²) in [5, 5.41) is 15.1. The van der Waals surface area contributed by atoms with Crippen LogP contribution < -0.4 is 15.4 Å². The van der Waals surface area contributed by atoms with Crippen LogP contribution in [0, 0.1) is 11.8 Å². The molecular weight excluding hydrogens is 744 g/mol. The van der Waals surface area contributed by atoms with Crippen molar-refractivity contribution in [1.82, 2.24) is 30.5 Å². The fourth-order valence-electron chi connectivity index (χ4n) is 8.07. The van der Waals surface area contributed by atoms with Crippen molar-refractivity contribution in [3.8, 4) is 0 Å². The Balaban J connectivity index is 1.22. The lowest BCUT2D eigenvalue weighted by atomic mass is 9.84. The highest BCUT2D eigenvalue weighted by molar-refractivity contribution is 7.88. The van der Waals surface area contributed by atoms with Crippen LogP contribution in [0.1, 0.15) is 98.3 Å². The van der Waals surface area contributed by atoms with Crippen molar-refractivity contribution in [1.29, 1.82) is 0 Å². The number of hydrogen-bond acceptors (Lipinski definition) is 10. The number of Topliss-reactive ketones (excluding diaryl/α,β-unsaturated/α-hetero) is 1. The number of benzene rings is 2. The van der Waals surface area contributed by atoms with E-state index in [0.717, 1.165) is 75.4 Å². The molecule has 3 aromatic rings. The summed E-state index contributed by atoms with van der Waals surface area (Å²) in [6.45, 7) is 2.06. The van der Waals surface area contributed by atoms with Crippen LogP contribution in [0.5, 0.6) is 0 Å². The van der Waals surface area contributed by atoms with Crippen molar-refractivity contribution in [3.05, 3.63) is 82.5 Å². The molecule has 3 aliphatic rings. The minimum atomic E-state index is -3.77. The van der Waals surface area contributed by atoms with Gasteiger partial charge in [0, 0.05) is 18.0 Å². The fraction of sp³-hybridized carbons (Fsp3) is 0.575. The second-order valence-corrected chi connectivity index (χ2v) is 17.6. The molecule has 3 N–H and O–H groups in total. The number of ketones is 1. The molecule has 298 valence electrons. The number of nitrogens with zero attached hydrogens (tertiary/aromatic N) is 3. The third-order valence-electron chi connectivity index (χ3n) is 11.0. The van der Waals surface area contributed by atoms with Crippen LogP contribution in [-0.2, 0) is 37.4 Å². The van der Waals surface area contributed by atoms with Gasteiger partial charge in [0.05, 0.1) is 31.4 Å². The van der Waals surface area contributed by atoms with Gasteiger partial charge in [-0.1, -0.05) is 86.2 Å². The van der Waals surface area contributed by atoms with E-state index in [4.69, 9.17) is 20.8 Å². The monoisotopic (exact) mass is 796 g/mol. The Labute approximate surface area is 328 Å². The van der Waals surface area contributed by atoms with Gasteiger partial charge in [-0.25, -0.2) is 13.1 Å². The van der Waals surface area contributed by atoms with Gasteiger partial charge in [-0.3, -0.25) is 14.4 Å². The van der Waals surface area contributed by atoms with Crippen LogP contribution in [-0.4, -0.2) is 91.2 Å². The molecular formula is C40H53ClN6O7S. The van der Waals surface area contributed by atoms with Crippen LogP contribution in [0.25, 0.3) is 0 Å². The number of piperidine rings is 1. The molecule has 13 nitrogen and oxygen atoms in total. The SMILES string of the molecule is CS(=O)(=O)N[C@H](CCC1CCNCC1)C(=O)N1C[C@H](OCc2ccc(Cl)cc2)C[C@H]1C(=O)N[C@@H](CC1CCCCC1)C(=O)c1nnc(Cc2ccccc2)o1. The predicted octanol–water partition coefficient (Wildman–Crippen LogP) is 4.84. The lowest BCUT2D eigenvalue weighted by Gasteiger charge is -2.31. The van der Waals surface area contributed by atoms with E-state index >= 15 is 0 Å². The summed E-state index contributed by atoms with van der Waals surface area (Å²) in [5.41, 5.74) is 1.83. The minimum absolute atomic E-state index is 0.0769. The first kappa shape index (κ1) is 41.0. The molecule has 2 aliphatic heterocycles. The van der Waals surface area contributed by atoms with Gasteiger partial charge in [0.25, 0.3) is 5.89 Å². The van der Waals surface area contributed by atoms with Crippen LogP contribution in [0.2, 0.25) is 5.02 Å². The van der Waals surface area contributed by atoms with Gasteiger partial charge >= 0.3 is 0 Å². The Morgan fingerprint density at radius 1 is 0.945 bits per heavy atom. The number of carbonyl (C=O) groups excluding carboxylic acids is 3. The fourth-order valence-corrected chi connectivity index (χ4v) is 8.93. The lowest BCUT2D eigenvalue weighted by molar-refractivity contribution is -0.140. The zero-order valence-electron chi connectivity index (χ0n) is 31.5. The van der Waals surface area contributed by atoms with Gasteiger partial charge in [0.1, 0.15) is 12.1 Å². The quantitative estimate of drug-likeness (QED) is 0.161. The number of nitrogens with one attached hydrogen (secondary N) is 3. The number of hydrogen-bond donors (Lipinski definition) is 3. The molecule has 1 saturated carbocycles. The highest BCUT2D eigenvalue weighted by Crippen LogP contribution is 2.30. The number of rotatable bonds is 17. The molecule has 55 heavy (non-hydrogen) atoms.